The highest BCUT2D eigenvalue weighted by Gasteiger charge is 2.32. The molecule has 3 nitrogen and oxygen atoms in total. The Morgan fingerprint density at radius 3 is 2.75 bits per heavy atom. The van der Waals surface area contributed by atoms with Crippen molar-refractivity contribution in [2.45, 2.75) is 39.7 Å². The molecule has 0 spiro atoms. The minimum absolute atomic E-state index is 0.175. The topological polar surface area (TPSA) is 46.5 Å². The van der Waals surface area contributed by atoms with Gasteiger partial charge >= 0.3 is 5.97 Å². The van der Waals surface area contributed by atoms with Crippen LogP contribution in [-0.2, 0) is 9.53 Å². The Bertz CT molecular complexity index is 283. The molecule has 0 aromatic heterocycles. The molecular formula is C13H22O3. The second-order valence-corrected chi connectivity index (χ2v) is 4.99. The van der Waals surface area contributed by atoms with Gasteiger partial charge in [-0.3, -0.25) is 4.79 Å². The summed E-state index contributed by atoms with van der Waals surface area (Å²) in [5.74, 6) is -0.104. The maximum Gasteiger partial charge on any atom is 0.311 e. The van der Waals surface area contributed by atoms with Gasteiger partial charge in [0.2, 0.25) is 0 Å². The third kappa shape index (κ3) is 3.08. The lowest BCUT2D eigenvalue weighted by atomic mass is 9.77. The average molecular weight is 226 g/mol. The van der Waals surface area contributed by atoms with Crippen molar-refractivity contribution in [3.63, 3.8) is 0 Å². The first kappa shape index (κ1) is 13.2. The number of aliphatic hydroxyl groups excluding tert-OH is 1. The van der Waals surface area contributed by atoms with Crippen molar-refractivity contribution < 1.29 is 14.6 Å². The van der Waals surface area contributed by atoms with Gasteiger partial charge in [-0.15, -0.1) is 0 Å². The van der Waals surface area contributed by atoms with Gasteiger partial charge in [0.15, 0.2) is 0 Å². The number of aliphatic hydroxyl groups is 1. The molecule has 16 heavy (non-hydrogen) atoms. The minimum Gasteiger partial charge on any atom is -0.469 e. The van der Waals surface area contributed by atoms with E-state index >= 15 is 0 Å². The average Bonchev–Trinajstić information content (AvgIpc) is 2.24. The molecule has 0 aliphatic heterocycles. The van der Waals surface area contributed by atoms with Crippen LogP contribution in [0.3, 0.4) is 0 Å². The van der Waals surface area contributed by atoms with Crippen LogP contribution >= 0.6 is 0 Å². The van der Waals surface area contributed by atoms with Crippen LogP contribution in [0.5, 0.6) is 0 Å². The number of ether oxygens (including phenoxy) is 1. The van der Waals surface area contributed by atoms with Gasteiger partial charge in [-0.05, 0) is 38.5 Å². The van der Waals surface area contributed by atoms with Crippen molar-refractivity contribution in [1.82, 2.24) is 0 Å². The molecule has 0 amide bonds. The second kappa shape index (κ2) is 5.48. The van der Waals surface area contributed by atoms with E-state index in [1.807, 2.05) is 0 Å². The molecule has 4 unspecified atom stereocenters. The zero-order valence-corrected chi connectivity index (χ0v) is 10.6. The number of carbonyl (C=O) groups is 1. The number of carbonyl (C=O) groups excluding carboxylic acids is 1. The summed E-state index contributed by atoms with van der Waals surface area (Å²) in [6.07, 6.45) is 3.47. The summed E-state index contributed by atoms with van der Waals surface area (Å²) >= 11 is 0. The van der Waals surface area contributed by atoms with Gasteiger partial charge in [-0.2, -0.15) is 0 Å². The van der Waals surface area contributed by atoms with Crippen LogP contribution in [0.4, 0.5) is 0 Å². The smallest absolute Gasteiger partial charge is 0.311 e. The third-order valence-electron chi connectivity index (χ3n) is 3.40. The fraction of sp³-hybridized carbons (Fsp3) is 0.769. The summed E-state index contributed by atoms with van der Waals surface area (Å²) < 4.78 is 4.66. The Kier molecular flexibility index (Phi) is 4.54. The van der Waals surface area contributed by atoms with E-state index in [9.17, 15) is 9.90 Å². The third-order valence-corrected chi connectivity index (χ3v) is 3.40. The van der Waals surface area contributed by atoms with Crippen molar-refractivity contribution >= 4 is 5.97 Å². The Hall–Kier alpha value is -0.830. The predicted octanol–water partition coefficient (Wildman–Crippen LogP) is 2.15. The number of hydrogen-bond donors (Lipinski definition) is 1. The normalized spacial score (nSPS) is 29.2. The Balaban J connectivity index is 2.64. The van der Waals surface area contributed by atoms with Crippen molar-refractivity contribution in [2.24, 2.45) is 17.8 Å². The van der Waals surface area contributed by atoms with Crippen molar-refractivity contribution in [3.8, 4) is 0 Å². The standard InChI is InChI=1S/C13H22O3/c1-8-5-9(2)7-11(6-8)12(14)10(3)13(15)16-4/h5,8,10-12,14H,6-7H2,1-4H3. The van der Waals surface area contributed by atoms with Crippen LogP contribution in [0.1, 0.15) is 33.6 Å². The van der Waals surface area contributed by atoms with Crippen LogP contribution in [-0.4, -0.2) is 24.3 Å². The molecule has 3 heteroatoms. The second-order valence-electron chi connectivity index (χ2n) is 4.99. The highest BCUT2D eigenvalue weighted by Crippen LogP contribution is 2.32. The summed E-state index contributed by atoms with van der Waals surface area (Å²) in [4.78, 5) is 11.4. The van der Waals surface area contributed by atoms with Crippen LogP contribution < -0.4 is 0 Å². The summed E-state index contributed by atoms with van der Waals surface area (Å²) in [6, 6.07) is 0. The van der Waals surface area contributed by atoms with Gasteiger partial charge in [0, 0.05) is 0 Å². The SMILES string of the molecule is COC(=O)C(C)C(O)C1CC(C)=CC(C)C1. The minimum atomic E-state index is -0.599. The molecule has 0 aromatic carbocycles. The van der Waals surface area contributed by atoms with Gasteiger partial charge in [0.25, 0.3) is 0 Å². The summed E-state index contributed by atoms with van der Waals surface area (Å²) in [5, 5.41) is 10.2. The molecule has 0 saturated carbocycles. The van der Waals surface area contributed by atoms with E-state index in [1.165, 1.54) is 12.7 Å². The lowest BCUT2D eigenvalue weighted by Crippen LogP contribution is -2.35. The van der Waals surface area contributed by atoms with Gasteiger partial charge in [-0.1, -0.05) is 18.6 Å². The molecule has 0 radical (unpaired) electrons. The number of hydrogen-bond acceptors (Lipinski definition) is 3. The van der Waals surface area contributed by atoms with Crippen LogP contribution in [0.2, 0.25) is 0 Å². The van der Waals surface area contributed by atoms with E-state index in [1.54, 1.807) is 6.92 Å². The number of esters is 1. The molecule has 0 fully saturated rings. The first-order valence-electron chi connectivity index (χ1n) is 5.89. The Morgan fingerprint density at radius 1 is 1.62 bits per heavy atom. The number of methoxy groups -OCH3 is 1. The van der Waals surface area contributed by atoms with E-state index in [0.717, 1.165) is 12.8 Å². The van der Waals surface area contributed by atoms with E-state index in [4.69, 9.17) is 0 Å². The fourth-order valence-electron chi connectivity index (χ4n) is 2.59. The van der Waals surface area contributed by atoms with E-state index in [0.29, 0.717) is 5.92 Å². The highest BCUT2D eigenvalue weighted by molar-refractivity contribution is 5.72. The quantitative estimate of drug-likeness (QED) is 0.592. The van der Waals surface area contributed by atoms with Crippen molar-refractivity contribution in [1.29, 1.82) is 0 Å². The summed E-state index contributed by atoms with van der Waals surface area (Å²) in [7, 11) is 1.36. The number of rotatable bonds is 3. The lowest BCUT2D eigenvalue weighted by Gasteiger charge is -2.31. The predicted molar refractivity (Wildman–Crippen MR) is 62.8 cm³/mol. The lowest BCUT2D eigenvalue weighted by molar-refractivity contribution is -0.150. The first-order valence-corrected chi connectivity index (χ1v) is 5.89. The molecule has 4 atom stereocenters. The molecule has 1 rings (SSSR count). The van der Waals surface area contributed by atoms with E-state index in [-0.39, 0.29) is 11.9 Å². The zero-order chi connectivity index (χ0) is 12.3. The molecule has 0 heterocycles. The largest absolute Gasteiger partial charge is 0.469 e. The zero-order valence-electron chi connectivity index (χ0n) is 10.6. The highest BCUT2D eigenvalue weighted by atomic mass is 16.5. The van der Waals surface area contributed by atoms with Gasteiger partial charge in [0.1, 0.15) is 0 Å². The summed E-state index contributed by atoms with van der Waals surface area (Å²) in [6.45, 7) is 5.96. The van der Waals surface area contributed by atoms with Gasteiger partial charge in [0.05, 0.1) is 19.1 Å². The van der Waals surface area contributed by atoms with E-state index in [2.05, 4.69) is 24.7 Å². The molecule has 1 aliphatic carbocycles. The van der Waals surface area contributed by atoms with E-state index < -0.39 is 12.0 Å². The maximum atomic E-state index is 11.4. The maximum absolute atomic E-state index is 11.4. The monoisotopic (exact) mass is 226 g/mol. The van der Waals surface area contributed by atoms with Crippen LogP contribution in [0, 0.1) is 17.8 Å². The molecular weight excluding hydrogens is 204 g/mol. The number of allylic oxidation sites excluding steroid dienone is 2. The van der Waals surface area contributed by atoms with Crippen LogP contribution in [0.15, 0.2) is 11.6 Å². The van der Waals surface area contributed by atoms with Crippen LogP contribution in [0.25, 0.3) is 0 Å². The fourth-order valence-corrected chi connectivity index (χ4v) is 2.59. The molecule has 0 aromatic rings. The Labute approximate surface area is 97.5 Å². The molecule has 1 N–H and O–H groups in total. The van der Waals surface area contributed by atoms with Gasteiger partial charge in [-0.25, -0.2) is 0 Å². The summed E-state index contributed by atoms with van der Waals surface area (Å²) in [5.41, 5.74) is 1.31. The molecule has 92 valence electrons. The Morgan fingerprint density at radius 2 is 2.25 bits per heavy atom. The molecule has 1 aliphatic rings. The first-order chi connectivity index (χ1) is 7.45. The van der Waals surface area contributed by atoms with Crippen molar-refractivity contribution in [3.05, 3.63) is 11.6 Å². The molecule has 0 saturated heterocycles. The van der Waals surface area contributed by atoms with Crippen molar-refractivity contribution in [2.75, 3.05) is 7.11 Å². The van der Waals surface area contributed by atoms with Gasteiger partial charge < -0.3 is 9.84 Å². The molecule has 0 bridgehead atoms.